The molecule has 0 N–H and O–H groups in total. The minimum absolute atomic E-state index is 1.07. The molecule has 0 aliphatic rings. The third-order valence-corrected chi connectivity index (χ3v) is 3.25. The fourth-order valence-electron chi connectivity index (χ4n) is 1.23. The zero-order valence-corrected chi connectivity index (χ0v) is 10.3. The van der Waals surface area contributed by atoms with Gasteiger partial charge in [0.25, 0.3) is 0 Å². The summed E-state index contributed by atoms with van der Waals surface area (Å²) in [5.41, 5.74) is 0. The predicted octanol–water partition coefficient (Wildman–Crippen LogP) is 4.95. The van der Waals surface area contributed by atoms with Crippen LogP contribution in [0.3, 0.4) is 0 Å². The van der Waals surface area contributed by atoms with Crippen molar-refractivity contribution in [2.24, 2.45) is 0 Å². The summed E-state index contributed by atoms with van der Waals surface area (Å²) in [4.78, 5) is 0. The Labute approximate surface area is 86.0 Å². The van der Waals surface area contributed by atoms with Gasteiger partial charge in [0.15, 0.2) is 0 Å². The van der Waals surface area contributed by atoms with Crippen LogP contribution < -0.4 is 0 Å². The van der Waals surface area contributed by atoms with Crippen LogP contribution in [0.1, 0.15) is 58.8 Å². The summed E-state index contributed by atoms with van der Waals surface area (Å²) in [5, 5.41) is 0. The Kier molecular flexibility index (Phi) is 12.3. The average Bonchev–Trinajstić information content (AvgIpc) is 2.16. The van der Waals surface area contributed by atoms with Gasteiger partial charge < -0.3 is 0 Å². The maximum absolute atomic E-state index is 2.39. The van der Waals surface area contributed by atoms with E-state index in [0.717, 1.165) is 8.58 Å². The van der Waals surface area contributed by atoms with Gasteiger partial charge in [-0.05, 0) is 19.0 Å². The van der Waals surface area contributed by atoms with Crippen molar-refractivity contribution in [3.05, 3.63) is 11.9 Å². The van der Waals surface area contributed by atoms with E-state index in [0.29, 0.717) is 0 Å². The van der Waals surface area contributed by atoms with Gasteiger partial charge >= 0.3 is 0 Å². The van der Waals surface area contributed by atoms with E-state index in [-0.39, 0.29) is 0 Å². The van der Waals surface area contributed by atoms with Gasteiger partial charge in [0, 0.05) is 0 Å². The van der Waals surface area contributed by atoms with Crippen molar-refractivity contribution >= 4 is 8.58 Å². The first-order chi connectivity index (χ1) is 6.41. The van der Waals surface area contributed by atoms with Crippen LogP contribution in [0.2, 0.25) is 0 Å². The SMILES string of the molecule is CCCC/C=C/PCCCCCC. The van der Waals surface area contributed by atoms with E-state index >= 15 is 0 Å². The predicted molar refractivity (Wildman–Crippen MR) is 66.0 cm³/mol. The molecule has 0 heterocycles. The molecule has 1 atom stereocenters. The summed E-state index contributed by atoms with van der Waals surface area (Å²) in [6.45, 7) is 4.52. The van der Waals surface area contributed by atoms with Gasteiger partial charge in [-0.25, -0.2) is 0 Å². The van der Waals surface area contributed by atoms with Crippen LogP contribution in [0.15, 0.2) is 11.9 Å². The summed E-state index contributed by atoms with van der Waals surface area (Å²) in [6.07, 6.45) is 13.4. The van der Waals surface area contributed by atoms with Crippen molar-refractivity contribution in [2.45, 2.75) is 58.8 Å². The lowest BCUT2D eigenvalue weighted by Crippen LogP contribution is -1.76. The molecule has 0 spiro atoms. The molecule has 78 valence electrons. The Morgan fingerprint density at radius 1 is 0.923 bits per heavy atom. The normalized spacial score (nSPS) is 12.2. The zero-order chi connectivity index (χ0) is 9.78. The molecule has 1 heteroatoms. The molecular formula is C12H25P. The quantitative estimate of drug-likeness (QED) is 0.365. The van der Waals surface area contributed by atoms with Gasteiger partial charge in [-0.3, -0.25) is 0 Å². The van der Waals surface area contributed by atoms with E-state index < -0.39 is 0 Å². The van der Waals surface area contributed by atoms with Gasteiger partial charge in [0.1, 0.15) is 0 Å². The highest BCUT2D eigenvalue weighted by Crippen LogP contribution is 2.16. The van der Waals surface area contributed by atoms with Gasteiger partial charge in [-0.2, -0.15) is 0 Å². The van der Waals surface area contributed by atoms with E-state index in [4.69, 9.17) is 0 Å². The molecule has 0 amide bonds. The van der Waals surface area contributed by atoms with Crippen molar-refractivity contribution in [3.63, 3.8) is 0 Å². The highest BCUT2D eigenvalue weighted by molar-refractivity contribution is 7.41. The van der Waals surface area contributed by atoms with Crippen LogP contribution in [0, 0.1) is 0 Å². The molecule has 0 aromatic rings. The third kappa shape index (κ3) is 12.2. The highest BCUT2D eigenvalue weighted by Gasteiger charge is 1.85. The molecule has 0 bridgehead atoms. The van der Waals surface area contributed by atoms with Gasteiger partial charge in [0.05, 0.1) is 0 Å². The third-order valence-electron chi connectivity index (χ3n) is 2.13. The Morgan fingerprint density at radius 3 is 2.38 bits per heavy atom. The lowest BCUT2D eigenvalue weighted by Gasteiger charge is -1.96. The van der Waals surface area contributed by atoms with Crippen molar-refractivity contribution in [1.29, 1.82) is 0 Å². The Morgan fingerprint density at radius 2 is 1.69 bits per heavy atom. The summed E-state index contributed by atoms with van der Waals surface area (Å²) in [5.74, 6) is 2.39. The fourth-order valence-corrected chi connectivity index (χ4v) is 2.18. The smallest absolute Gasteiger partial charge is 0.0319 e. The number of hydrogen-bond donors (Lipinski definition) is 0. The molecule has 0 aliphatic carbocycles. The van der Waals surface area contributed by atoms with Crippen LogP contribution >= 0.6 is 8.58 Å². The second kappa shape index (κ2) is 12.2. The summed E-state index contributed by atoms with van der Waals surface area (Å²) in [7, 11) is 1.07. The fraction of sp³-hybridized carbons (Fsp3) is 0.833. The Bertz CT molecular complexity index is 108. The minimum Gasteiger partial charge on any atom is -0.0987 e. The van der Waals surface area contributed by atoms with E-state index in [2.05, 4.69) is 25.7 Å². The maximum Gasteiger partial charge on any atom is -0.0319 e. The lowest BCUT2D eigenvalue weighted by atomic mass is 10.2. The summed E-state index contributed by atoms with van der Waals surface area (Å²) >= 11 is 0. The van der Waals surface area contributed by atoms with Gasteiger partial charge in [-0.1, -0.05) is 66.4 Å². The molecule has 1 unspecified atom stereocenters. The Hall–Kier alpha value is 0.170. The zero-order valence-electron chi connectivity index (χ0n) is 9.31. The molecule has 0 radical (unpaired) electrons. The lowest BCUT2D eigenvalue weighted by molar-refractivity contribution is 0.706. The molecule has 0 aliphatic heterocycles. The van der Waals surface area contributed by atoms with E-state index in [9.17, 15) is 0 Å². The number of hydrogen-bond acceptors (Lipinski definition) is 0. The summed E-state index contributed by atoms with van der Waals surface area (Å²) in [6, 6.07) is 0. The maximum atomic E-state index is 2.39. The first-order valence-corrected chi connectivity index (χ1v) is 7.08. The van der Waals surface area contributed by atoms with Crippen molar-refractivity contribution in [1.82, 2.24) is 0 Å². The molecule has 0 rings (SSSR count). The highest BCUT2D eigenvalue weighted by atomic mass is 31.1. The van der Waals surface area contributed by atoms with E-state index in [1.165, 1.54) is 51.1 Å². The van der Waals surface area contributed by atoms with Crippen molar-refractivity contribution in [3.8, 4) is 0 Å². The average molecular weight is 200 g/mol. The van der Waals surface area contributed by atoms with Gasteiger partial charge in [-0.15, -0.1) is 0 Å². The molecular weight excluding hydrogens is 175 g/mol. The summed E-state index contributed by atoms with van der Waals surface area (Å²) < 4.78 is 0. The van der Waals surface area contributed by atoms with Crippen LogP contribution in [-0.4, -0.2) is 6.16 Å². The first-order valence-electron chi connectivity index (χ1n) is 5.80. The van der Waals surface area contributed by atoms with E-state index in [1.54, 1.807) is 0 Å². The molecule has 13 heavy (non-hydrogen) atoms. The van der Waals surface area contributed by atoms with Crippen LogP contribution in [0.5, 0.6) is 0 Å². The molecule has 0 nitrogen and oxygen atoms in total. The molecule has 0 aromatic heterocycles. The monoisotopic (exact) mass is 200 g/mol. The van der Waals surface area contributed by atoms with Crippen LogP contribution in [-0.2, 0) is 0 Å². The van der Waals surface area contributed by atoms with Crippen molar-refractivity contribution < 1.29 is 0 Å². The van der Waals surface area contributed by atoms with E-state index in [1.807, 2.05) is 0 Å². The largest absolute Gasteiger partial charge is 0.0987 e. The molecule has 0 aromatic carbocycles. The van der Waals surface area contributed by atoms with Gasteiger partial charge in [0.2, 0.25) is 0 Å². The number of rotatable bonds is 9. The minimum atomic E-state index is 1.07. The Balaban J connectivity index is 2.93. The molecule has 0 saturated heterocycles. The number of allylic oxidation sites excluding steroid dienone is 1. The second-order valence-electron chi connectivity index (χ2n) is 3.56. The topological polar surface area (TPSA) is 0 Å². The van der Waals surface area contributed by atoms with Crippen LogP contribution in [0.25, 0.3) is 0 Å². The standard InChI is InChI=1S/C12H25P/c1-3-5-7-9-11-13-12-10-8-6-4-2/h9,11,13H,3-8,10,12H2,1-2H3/b11-9+. The number of unbranched alkanes of at least 4 members (excludes halogenated alkanes) is 5. The first kappa shape index (κ1) is 13.2. The molecule has 0 fully saturated rings. The second-order valence-corrected chi connectivity index (χ2v) is 4.80. The van der Waals surface area contributed by atoms with Crippen LogP contribution in [0.4, 0.5) is 0 Å². The van der Waals surface area contributed by atoms with Crippen molar-refractivity contribution in [2.75, 3.05) is 6.16 Å². The molecule has 0 saturated carbocycles.